The Morgan fingerprint density at radius 1 is 1.27 bits per heavy atom. The minimum Gasteiger partial charge on any atom is -0.478 e. The van der Waals surface area contributed by atoms with Gasteiger partial charge in [0.2, 0.25) is 0 Å². The molecule has 0 radical (unpaired) electrons. The molecule has 2 aliphatic rings. The molecule has 0 spiro atoms. The molecule has 136 valence electrons. The van der Waals surface area contributed by atoms with Crippen molar-refractivity contribution >= 4 is 11.9 Å². The summed E-state index contributed by atoms with van der Waals surface area (Å²) >= 11 is 0. The third-order valence-electron chi connectivity index (χ3n) is 6.01. The molecule has 2 aliphatic carbocycles. The van der Waals surface area contributed by atoms with E-state index in [-0.39, 0.29) is 11.5 Å². The number of aromatic carboxylic acids is 1. The number of hydrogen-bond acceptors (Lipinski definition) is 3. The van der Waals surface area contributed by atoms with E-state index in [1.165, 1.54) is 38.3 Å². The van der Waals surface area contributed by atoms with Crippen LogP contribution in [0.3, 0.4) is 0 Å². The van der Waals surface area contributed by atoms with Crippen molar-refractivity contribution in [2.24, 2.45) is 11.3 Å². The molecule has 4 rings (SSSR count). The Morgan fingerprint density at radius 2 is 1.96 bits per heavy atom. The van der Waals surface area contributed by atoms with Crippen LogP contribution in [0.25, 0.3) is 5.69 Å². The van der Waals surface area contributed by atoms with Crippen LogP contribution in [0.2, 0.25) is 0 Å². The van der Waals surface area contributed by atoms with Gasteiger partial charge < -0.3 is 10.4 Å². The Morgan fingerprint density at radius 3 is 2.46 bits per heavy atom. The van der Waals surface area contributed by atoms with Crippen molar-refractivity contribution in [3.63, 3.8) is 0 Å². The predicted molar refractivity (Wildman–Crippen MR) is 96.6 cm³/mol. The molecular weight excluding hydrogens is 330 g/mol. The number of amides is 1. The van der Waals surface area contributed by atoms with E-state index in [0.29, 0.717) is 16.7 Å². The first kappa shape index (κ1) is 16.8. The Balaban J connectivity index is 1.44. The number of nitrogens with one attached hydrogen (secondary N) is 1. The predicted octanol–water partition coefficient (Wildman–Crippen LogP) is 3.19. The second-order valence-electron chi connectivity index (χ2n) is 7.58. The molecule has 0 aliphatic heterocycles. The summed E-state index contributed by atoms with van der Waals surface area (Å²) in [5, 5.41) is 16.4. The zero-order valence-corrected chi connectivity index (χ0v) is 14.9. The fourth-order valence-electron chi connectivity index (χ4n) is 4.05. The van der Waals surface area contributed by atoms with Crippen molar-refractivity contribution in [3.8, 4) is 5.69 Å². The number of carboxylic acid groups (broad SMARTS) is 1. The maximum atomic E-state index is 12.5. The number of carboxylic acids is 1. The lowest BCUT2D eigenvalue weighted by molar-refractivity contribution is 0.0695. The van der Waals surface area contributed by atoms with Gasteiger partial charge in [0.25, 0.3) is 5.91 Å². The van der Waals surface area contributed by atoms with Crippen molar-refractivity contribution in [3.05, 3.63) is 47.3 Å². The molecule has 2 saturated carbocycles. The quantitative estimate of drug-likeness (QED) is 0.835. The molecule has 0 unspecified atom stereocenters. The fourth-order valence-corrected chi connectivity index (χ4v) is 4.05. The third-order valence-corrected chi connectivity index (χ3v) is 6.01. The Kier molecular flexibility index (Phi) is 4.05. The van der Waals surface area contributed by atoms with Crippen LogP contribution in [0.15, 0.2) is 30.5 Å². The molecule has 0 saturated heterocycles. The van der Waals surface area contributed by atoms with Crippen LogP contribution in [-0.2, 0) is 0 Å². The highest BCUT2D eigenvalue weighted by molar-refractivity contribution is 5.94. The topological polar surface area (TPSA) is 84.2 Å². The molecule has 26 heavy (non-hydrogen) atoms. The molecule has 2 aromatic rings. The van der Waals surface area contributed by atoms with Gasteiger partial charge in [0.05, 0.1) is 17.6 Å². The third kappa shape index (κ3) is 2.89. The largest absolute Gasteiger partial charge is 0.478 e. The summed E-state index contributed by atoms with van der Waals surface area (Å²) in [5.41, 5.74) is 2.45. The van der Waals surface area contributed by atoms with E-state index in [2.05, 4.69) is 10.4 Å². The Bertz CT molecular complexity index is 846. The first-order valence-electron chi connectivity index (χ1n) is 9.17. The number of nitrogens with zero attached hydrogens (tertiary/aromatic N) is 2. The Hall–Kier alpha value is -2.63. The van der Waals surface area contributed by atoms with Crippen LogP contribution < -0.4 is 5.32 Å². The molecule has 1 aromatic heterocycles. The maximum absolute atomic E-state index is 12.5. The van der Waals surface area contributed by atoms with Crippen molar-refractivity contribution in [1.82, 2.24) is 15.1 Å². The van der Waals surface area contributed by atoms with Crippen LogP contribution in [0, 0.1) is 18.3 Å². The van der Waals surface area contributed by atoms with Crippen molar-refractivity contribution in [2.75, 3.05) is 6.54 Å². The van der Waals surface area contributed by atoms with Gasteiger partial charge in [0, 0.05) is 12.1 Å². The lowest BCUT2D eigenvalue weighted by Gasteiger charge is -2.42. The van der Waals surface area contributed by atoms with E-state index in [1.54, 1.807) is 35.9 Å². The summed E-state index contributed by atoms with van der Waals surface area (Å²) < 4.78 is 1.57. The van der Waals surface area contributed by atoms with Gasteiger partial charge in [0.15, 0.2) is 0 Å². The molecular formula is C20H23N3O3. The Labute approximate surface area is 152 Å². The molecule has 0 bridgehead atoms. The molecule has 2 fully saturated rings. The zero-order chi connectivity index (χ0) is 18.3. The minimum atomic E-state index is -0.995. The lowest BCUT2D eigenvalue weighted by Crippen LogP contribution is -2.43. The summed E-state index contributed by atoms with van der Waals surface area (Å²) in [5.74, 6) is -0.234. The van der Waals surface area contributed by atoms with E-state index >= 15 is 0 Å². The van der Waals surface area contributed by atoms with E-state index < -0.39 is 5.97 Å². The number of carbonyl (C=O) groups is 2. The van der Waals surface area contributed by atoms with Gasteiger partial charge in [-0.3, -0.25) is 4.79 Å². The van der Waals surface area contributed by atoms with E-state index in [0.717, 1.165) is 18.2 Å². The van der Waals surface area contributed by atoms with E-state index in [9.17, 15) is 9.59 Å². The zero-order valence-electron chi connectivity index (χ0n) is 14.9. The van der Waals surface area contributed by atoms with Gasteiger partial charge in [-0.05, 0) is 68.2 Å². The first-order valence-corrected chi connectivity index (χ1v) is 9.17. The van der Waals surface area contributed by atoms with Gasteiger partial charge in [-0.2, -0.15) is 5.10 Å². The van der Waals surface area contributed by atoms with Crippen molar-refractivity contribution in [1.29, 1.82) is 0 Å². The lowest BCUT2D eigenvalue weighted by atomic mass is 9.65. The van der Waals surface area contributed by atoms with Gasteiger partial charge >= 0.3 is 5.97 Å². The summed E-state index contributed by atoms with van der Waals surface area (Å²) in [7, 11) is 0. The highest BCUT2D eigenvalue weighted by atomic mass is 16.4. The second-order valence-corrected chi connectivity index (χ2v) is 7.58. The molecule has 2 N–H and O–H groups in total. The van der Waals surface area contributed by atoms with Crippen LogP contribution in [0.5, 0.6) is 0 Å². The molecule has 6 nitrogen and oxygen atoms in total. The summed E-state index contributed by atoms with van der Waals surface area (Å²) in [4.78, 5) is 23.6. The molecule has 1 amide bonds. The number of rotatable bonds is 6. The summed E-state index contributed by atoms with van der Waals surface area (Å²) in [6.07, 6.45) is 7.72. The molecule has 1 aromatic carbocycles. The van der Waals surface area contributed by atoms with Gasteiger partial charge in [-0.15, -0.1) is 0 Å². The SMILES string of the molecule is Cc1c(C(=O)O)cnn1-c1ccc(C(=O)NCC2(C3CC3)CCC2)cc1. The van der Waals surface area contributed by atoms with Gasteiger partial charge in [0.1, 0.15) is 5.56 Å². The number of benzene rings is 1. The number of carbonyl (C=O) groups excluding carboxylic acids is 1. The first-order chi connectivity index (χ1) is 12.5. The van der Waals surface area contributed by atoms with Gasteiger partial charge in [-0.1, -0.05) is 6.42 Å². The monoisotopic (exact) mass is 353 g/mol. The number of hydrogen-bond donors (Lipinski definition) is 2. The van der Waals surface area contributed by atoms with Crippen LogP contribution in [0.1, 0.15) is 58.5 Å². The van der Waals surface area contributed by atoms with Crippen molar-refractivity contribution < 1.29 is 14.7 Å². The maximum Gasteiger partial charge on any atom is 0.339 e. The van der Waals surface area contributed by atoms with E-state index in [1.807, 2.05) is 0 Å². The summed E-state index contributed by atoms with van der Waals surface area (Å²) in [6.45, 7) is 2.49. The van der Waals surface area contributed by atoms with Crippen LogP contribution in [0.4, 0.5) is 0 Å². The smallest absolute Gasteiger partial charge is 0.339 e. The normalized spacial score (nSPS) is 18.2. The fraction of sp³-hybridized carbons (Fsp3) is 0.450. The average molecular weight is 353 g/mol. The summed E-state index contributed by atoms with van der Waals surface area (Å²) in [6, 6.07) is 7.11. The van der Waals surface area contributed by atoms with Crippen molar-refractivity contribution in [2.45, 2.75) is 39.0 Å². The van der Waals surface area contributed by atoms with E-state index in [4.69, 9.17) is 5.11 Å². The molecule has 1 heterocycles. The average Bonchev–Trinajstić information content (AvgIpc) is 3.36. The van der Waals surface area contributed by atoms with Gasteiger partial charge in [-0.25, -0.2) is 9.48 Å². The molecule has 0 atom stereocenters. The second kappa shape index (κ2) is 6.27. The highest BCUT2D eigenvalue weighted by Gasteiger charge is 2.48. The molecule has 6 heteroatoms. The highest BCUT2D eigenvalue weighted by Crippen LogP contribution is 2.56. The standard InChI is InChI=1S/C20H23N3O3/c1-13-17(19(25)26)11-22-23(13)16-7-3-14(4-8-16)18(24)21-12-20(9-2-10-20)15-5-6-15/h3-4,7-8,11,15H,2,5-6,9-10,12H2,1H3,(H,21,24)(H,25,26). The van der Waals surface area contributed by atoms with Crippen LogP contribution in [-0.4, -0.2) is 33.3 Å². The minimum absolute atomic E-state index is 0.0492. The number of aromatic nitrogens is 2. The van der Waals surface area contributed by atoms with Crippen LogP contribution >= 0.6 is 0 Å².